The lowest BCUT2D eigenvalue weighted by Crippen LogP contribution is -2.30. The van der Waals surface area contributed by atoms with Crippen molar-refractivity contribution in [1.29, 1.82) is 0 Å². The van der Waals surface area contributed by atoms with E-state index in [1.54, 1.807) is 27.0 Å². The third-order valence-electron chi connectivity index (χ3n) is 5.06. The van der Waals surface area contributed by atoms with E-state index >= 15 is 0 Å². The zero-order valence-corrected chi connectivity index (χ0v) is 16.8. The standard InChI is InChI=1S/C18H19F5N8/c1-9-12(7-31(28-9)17(2,3)14-25-8-30(29-14)15(19)20)26-16-24-6-11(18(21,22)23)13(27-16)10-4-5-10/h6-8,10,15H,4-5H2,1-3H3,(H,24,26,27). The van der Waals surface area contributed by atoms with E-state index in [-0.39, 0.29) is 23.4 Å². The first-order valence-electron chi connectivity index (χ1n) is 9.44. The van der Waals surface area contributed by atoms with E-state index in [0.717, 1.165) is 12.5 Å². The highest BCUT2D eigenvalue weighted by molar-refractivity contribution is 5.55. The molecule has 3 heterocycles. The number of hydrogen-bond donors (Lipinski definition) is 1. The smallest absolute Gasteiger partial charge is 0.321 e. The maximum Gasteiger partial charge on any atom is 0.419 e. The van der Waals surface area contributed by atoms with Crippen LogP contribution < -0.4 is 5.32 Å². The summed E-state index contributed by atoms with van der Waals surface area (Å²) in [6.07, 6.45) is 0.0956. The molecule has 13 heteroatoms. The van der Waals surface area contributed by atoms with Crippen molar-refractivity contribution in [1.82, 2.24) is 34.5 Å². The molecule has 0 amide bonds. The van der Waals surface area contributed by atoms with Gasteiger partial charge in [0.25, 0.3) is 0 Å². The number of rotatable bonds is 6. The van der Waals surface area contributed by atoms with Crippen LogP contribution in [-0.4, -0.2) is 34.5 Å². The maximum atomic E-state index is 13.2. The quantitative estimate of drug-likeness (QED) is 0.570. The number of anilines is 2. The van der Waals surface area contributed by atoms with E-state index < -0.39 is 23.8 Å². The van der Waals surface area contributed by atoms with Gasteiger partial charge in [-0.25, -0.2) is 15.0 Å². The Morgan fingerprint density at radius 1 is 1.13 bits per heavy atom. The molecule has 1 aliphatic carbocycles. The van der Waals surface area contributed by atoms with Crippen LogP contribution in [0, 0.1) is 6.92 Å². The molecule has 4 rings (SSSR count). The molecule has 0 spiro atoms. The van der Waals surface area contributed by atoms with Crippen molar-refractivity contribution in [3.63, 3.8) is 0 Å². The average molecular weight is 442 g/mol. The molecule has 1 aliphatic rings. The van der Waals surface area contributed by atoms with Gasteiger partial charge in [0.2, 0.25) is 5.95 Å². The fourth-order valence-electron chi connectivity index (χ4n) is 3.08. The second kappa shape index (κ2) is 7.24. The first kappa shape index (κ1) is 21.1. The molecule has 0 aromatic carbocycles. The minimum atomic E-state index is -4.52. The number of alkyl halides is 5. The van der Waals surface area contributed by atoms with E-state index in [4.69, 9.17) is 0 Å². The third-order valence-corrected chi connectivity index (χ3v) is 5.06. The van der Waals surface area contributed by atoms with E-state index in [0.29, 0.717) is 28.9 Å². The lowest BCUT2D eigenvalue weighted by Gasteiger charge is -2.21. The molecule has 0 atom stereocenters. The molecule has 3 aromatic rings. The van der Waals surface area contributed by atoms with Gasteiger partial charge in [-0.3, -0.25) is 4.68 Å². The van der Waals surface area contributed by atoms with Crippen molar-refractivity contribution in [2.45, 2.75) is 57.8 Å². The molecule has 31 heavy (non-hydrogen) atoms. The predicted molar refractivity (Wildman–Crippen MR) is 99.0 cm³/mol. The summed E-state index contributed by atoms with van der Waals surface area (Å²) in [5.41, 5.74) is -0.835. The molecule has 1 saturated carbocycles. The Balaban J connectivity index is 1.61. The highest BCUT2D eigenvalue weighted by Crippen LogP contribution is 2.45. The molecular weight excluding hydrogens is 423 g/mol. The van der Waals surface area contributed by atoms with Gasteiger partial charge in [0.1, 0.15) is 11.9 Å². The van der Waals surface area contributed by atoms with Crippen LogP contribution in [0.1, 0.15) is 61.9 Å². The summed E-state index contributed by atoms with van der Waals surface area (Å²) in [5, 5.41) is 11.1. The number of hydrogen-bond acceptors (Lipinski definition) is 6. The van der Waals surface area contributed by atoms with Gasteiger partial charge in [0.15, 0.2) is 5.82 Å². The molecule has 8 nitrogen and oxygen atoms in total. The monoisotopic (exact) mass is 442 g/mol. The summed E-state index contributed by atoms with van der Waals surface area (Å²) in [5.74, 6) is -0.0712. The van der Waals surface area contributed by atoms with Crippen molar-refractivity contribution in [2.75, 3.05) is 5.32 Å². The van der Waals surface area contributed by atoms with Gasteiger partial charge < -0.3 is 5.32 Å². The molecule has 1 N–H and O–H groups in total. The van der Waals surface area contributed by atoms with E-state index in [1.165, 1.54) is 4.68 Å². The molecule has 0 saturated heterocycles. The van der Waals surface area contributed by atoms with E-state index in [1.807, 2.05) is 0 Å². The van der Waals surface area contributed by atoms with Gasteiger partial charge in [-0.2, -0.15) is 31.7 Å². The van der Waals surface area contributed by atoms with Gasteiger partial charge in [0, 0.05) is 18.3 Å². The Hall–Kier alpha value is -3.12. The summed E-state index contributed by atoms with van der Waals surface area (Å²) in [6, 6.07) is 0. The van der Waals surface area contributed by atoms with Gasteiger partial charge in [-0.05, 0) is 33.6 Å². The Bertz CT molecular complexity index is 1100. The number of nitrogens with one attached hydrogen (secondary N) is 1. The van der Waals surface area contributed by atoms with Gasteiger partial charge in [-0.15, -0.1) is 5.10 Å². The summed E-state index contributed by atoms with van der Waals surface area (Å²) in [7, 11) is 0. The molecule has 0 radical (unpaired) electrons. The van der Waals surface area contributed by atoms with Gasteiger partial charge in [0.05, 0.1) is 22.6 Å². The summed E-state index contributed by atoms with van der Waals surface area (Å²) < 4.78 is 67.3. The van der Waals surface area contributed by atoms with E-state index in [9.17, 15) is 22.0 Å². The molecule has 0 unspecified atom stereocenters. The van der Waals surface area contributed by atoms with E-state index in [2.05, 4.69) is 30.5 Å². The van der Waals surface area contributed by atoms with Crippen LogP contribution in [0.5, 0.6) is 0 Å². The van der Waals surface area contributed by atoms with Crippen LogP contribution in [0.3, 0.4) is 0 Å². The molecule has 0 bridgehead atoms. The normalized spacial score (nSPS) is 15.0. The SMILES string of the molecule is Cc1nn(C(C)(C)c2ncn(C(F)F)n2)cc1Nc1ncc(C(F)(F)F)c(C2CC2)n1. The highest BCUT2D eigenvalue weighted by atomic mass is 19.4. The first-order chi connectivity index (χ1) is 14.5. The second-order valence-corrected chi connectivity index (χ2v) is 7.85. The minimum absolute atomic E-state index is 0.0166. The van der Waals surface area contributed by atoms with Crippen molar-refractivity contribution in [3.8, 4) is 0 Å². The molecular formula is C18H19F5N8. The maximum absolute atomic E-state index is 13.2. The molecule has 166 valence electrons. The van der Waals surface area contributed by atoms with Crippen molar-refractivity contribution in [3.05, 3.63) is 41.5 Å². The zero-order chi connectivity index (χ0) is 22.6. The highest BCUT2D eigenvalue weighted by Gasteiger charge is 2.40. The topological polar surface area (TPSA) is 86.3 Å². The van der Waals surface area contributed by atoms with Crippen LogP contribution >= 0.6 is 0 Å². The fourth-order valence-corrected chi connectivity index (χ4v) is 3.08. The van der Waals surface area contributed by atoms with Gasteiger partial charge >= 0.3 is 12.7 Å². The number of nitrogens with zero attached hydrogens (tertiary/aromatic N) is 7. The van der Waals surface area contributed by atoms with Crippen molar-refractivity contribution < 1.29 is 22.0 Å². The Kier molecular flexibility index (Phi) is 4.93. The molecule has 3 aromatic heterocycles. The largest absolute Gasteiger partial charge is 0.419 e. The zero-order valence-electron chi connectivity index (χ0n) is 16.8. The third kappa shape index (κ3) is 4.08. The summed E-state index contributed by atoms with van der Waals surface area (Å²) in [6.45, 7) is 2.28. The lowest BCUT2D eigenvalue weighted by atomic mass is 10.1. The summed E-state index contributed by atoms with van der Waals surface area (Å²) >= 11 is 0. The number of aromatic nitrogens is 7. The Morgan fingerprint density at radius 2 is 1.84 bits per heavy atom. The fraction of sp³-hybridized carbons (Fsp3) is 0.500. The Morgan fingerprint density at radius 3 is 2.42 bits per heavy atom. The van der Waals surface area contributed by atoms with Crippen LogP contribution in [0.4, 0.5) is 33.6 Å². The number of halogens is 5. The van der Waals surface area contributed by atoms with Crippen LogP contribution in [0.25, 0.3) is 0 Å². The van der Waals surface area contributed by atoms with Crippen LogP contribution in [0.15, 0.2) is 18.7 Å². The van der Waals surface area contributed by atoms with Crippen LogP contribution in [-0.2, 0) is 11.7 Å². The second-order valence-electron chi connectivity index (χ2n) is 7.85. The van der Waals surface area contributed by atoms with Crippen LogP contribution in [0.2, 0.25) is 0 Å². The first-order valence-corrected chi connectivity index (χ1v) is 9.44. The molecule has 1 fully saturated rings. The number of aryl methyl sites for hydroxylation is 1. The minimum Gasteiger partial charge on any atom is -0.321 e. The van der Waals surface area contributed by atoms with Crippen molar-refractivity contribution >= 4 is 11.6 Å². The summed E-state index contributed by atoms with van der Waals surface area (Å²) in [4.78, 5) is 11.9. The average Bonchev–Trinajstić information content (AvgIpc) is 3.27. The van der Waals surface area contributed by atoms with Gasteiger partial charge in [-0.1, -0.05) is 0 Å². The predicted octanol–water partition coefficient (Wildman–Crippen LogP) is 4.39. The van der Waals surface area contributed by atoms with Crippen molar-refractivity contribution in [2.24, 2.45) is 0 Å². The Labute approximate surface area is 173 Å². The lowest BCUT2D eigenvalue weighted by molar-refractivity contribution is -0.138. The molecule has 0 aliphatic heterocycles.